The molecule has 1 aliphatic heterocycles. The van der Waals surface area contributed by atoms with Crippen molar-refractivity contribution in [3.63, 3.8) is 0 Å². The van der Waals surface area contributed by atoms with Crippen LogP contribution in [0.3, 0.4) is 0 Å². The number of amides is 2. The summed E-state index contributed by atoms with van der Waals surface area (Å²) in [4.78, 5) is 24.9. The van der Waals surface area contributed by atoms with E-state index in [-0.39, 0.29) is 36.0 Å². The largest absolute Gasteiger partial charge is 0.355 e. The number of rotatable bonds is 3. The number of benzene rings is 1. The third-order valence-corrected chi connectivity index (χ3v) is 3.61. The van der Waals surface area contributed by atoms with Gasteiger partial charge in [0.2, 0.25) is 11.8 Å². The van der Waals surface area contributed by atoms with Gasteiger partial charge in [-0.15, -0.1) is 0 Å². The van der Waals surface area contributed by atoms with Crippen LogP contribution in [0.15, 0.2) is 24.3 Å². The van der Waals surface area contributed by atoms with Gasteiger partial charge in [-0.25, -0.2) is 4.39 Å². The SMILES string of the molecule is CC(c1ccccc1F)N(C)C(=O)C1CNC(=O)C1. The Morgan fingerprint density at radius 3 is 2.74 bits per heavy atom. The maximum atomic E-state index is 13.7. The Morgan fingerprint density at radius 2 is 2.16 bits per heavy atom. The topological polar surface area (TPSA) is 49.4 Å². The van der Waals surface area contributed by atoms with Crippen LogP contribution in [-0.4, -0.2) is 30.3 Å². The maximum Gasteiger partial charge on any atom is 0.228 e. The first-order chi connectivity index (χ1) is 9.00. The third-order valence-electron chi connectivity index (χ3n) is 3.61. The van der Waals surface area contributed by atoms with Crippen molar-refractivity contribution in [1.82, 2.24) is 10.2 Å². The van der Waals surface area contributed by atoms with Crippen LogP contribution in [0, 0.1) is 11.7 Å². The number of hydrogen-bond acceptors (Lipinski definition) is 2. The molecular formula is C14H17FN2O2. The van der Waals surface area contributed by atoms with Gasteiger partial charge < -0.3 is 10.2 Å². The molecule has 0 aliphatic carbocycles. The Hall–Kier alpha value is -1.91. The number of carbonyl (C=O) groups is 2. The zero-order valence-corrected chi connectivity index (χ0v) is 11.0. The van der Waals surface area contributed by atoms with Crippen LogP contribution in [0.2, 0.25) is 0 Å². The van der Waals surface area contributed by atoms with E-state index >= 15 is 0 Å². The van der Waals surface area contributed by atoms with Crippen molar-refractivity contribution in [2.75, 3.05) is 13.6 Å². The van der Waals surface area contributed by atoms with Gasteiger partial charge in [-0.1, -0.05) is 18.2 Å². The lowest BCUT2D eigenvalue weighted by Gasteiger charge is -2.27. The maximum absolute atomic E-state index is 13.7. The fourth-order valence-electron chi connectivity index (χ4n) is 2.28. The molecule has 19 heavy (non-hydrogen) atoms. The van der Waals surface area contributed by atoms with E-state index in [0.717, 1.165) is 0 Å². The average molecular weight is 264 g/mol. The molecule has 2 unspecified atom stereocenters. The van der Waals surface area contributed by atoms with Crippen molar-refractivity contribution in [2.24, 2.45) is 5.92 Å². The highest BCUT2D eigenvalue weighted by atomic mass is 19.1. The van der Waals surface area contributed by atoms with E-state index in [9.17, 15) is 14.0 Å². The van der Waals surface area contributed by atoms with Gasteiger partial charge in [0.25, 0.3) is 0 Å². The van der Waals surface area contributed by atoms with Gasteiger partial charge >= 0.3 is 0 Å². The number of nitrogens with zero attached hydrogens (tertiary/aromatic N) is 1. The second kappa shape index (κ2) is 5.38. The molecule has 0 spiro atoms. The molecule has 2 rings (SSSR count). The van der Waals surface area contributed by atoms with E-state index in [0.29, 0.717) is 12.1 Å². The molecule has 1 aromatic rings. The summed E-state index contributed by atoms with van der Waals surface area (Å²) in [6, 6.07) is 6.05. The summed E-state index contributed by atoms with van der Waals surface area (Å²) >= 11 is 0. The minimum atomic E-state index is -0.357. The molecule has 0 saturated carbocycles. The normalized spacial score (nSPS) is 19.9. The molecule has 4 nitrogen and oxygen atoms in total. The van der Waals surface area contributed by atoms with Crippen molar-refractivity contribution >= 4 is 11.8 Å². The van der Waals surface area contributed by atoms with Crippen molar-refractivity contribution in [1.29, 1.82) is 0 Å². The van der Waals surface area contributed by atoms with Gasteiger partial charge in [0, 0.05) is 25.6 Å². The van der Waals surface area contributed by atoms with Gasteiger partial charge in [-0.05, 0) is 13.0 Å². The Kier molecular flexibility index (Phi) is 3.83. The molecule has 0 aromatic heterocycles. The first-order valence-corrected chi connectivity index (χ1v) is 6.28. The van der Waals surface area contributed by atoms with E-state index in [1.54, 1.807) is 32.2 Å². The minimum absolute atomic E-state index is 0.106. The quantitative estimate of drug-likeness (QED) is 0.899. The molecule has 5 heteroatoms. The van der Waals surface area contributed by atoms with Gasteiger partial charge in [-0.2, -0.15) is 0 Å². The average Bonchev–Trinajstić information content (AvgIpc) is 2.83. The van der Waals surface area contributed by atoms with Crippen molar-refractivity contribution in [2.45, 2.75) is 19.4 Å². The molecule has 1 aliphatic rings. The first kappa shape index (κ1) is 13.5. The summed E-state index contributed by atoms with van der Waals surface area (Å²) in [7, 11) is 1.64. The van der Waals surface area contributed by atoms with E-state index in [4.69, 9.17) is 0 Å². The first-order valence-electron chi connectivity index (χ1n) is 6.28. The number of hydrogen-bond donors (Lipinski definition) is 1. The molecule has 1 saturated heterocycles. The summed E-state index contributed by atoms with van der Waals surface area (Å²) in [5.74, 6) is -0.901. The van der Waals surface area contributed by atoms with Gasteiger partial charge in [0.1, 0.15) is 5.82 Å². The Morgan fingerprint density at radius 1 is 1.47 bits per heavy atom. The monoisotopic (exact) mass is 264 g/mol. The molecule has 1 N–H and O–H groups in total. The summed E-state index contributed by atoms with van der Waals surface area (Å²) in [6.45, 7) is 2.15. The smallest absolute Gasteiger partial charge is 0.228 e. The second-order valence-electron chi connectivity index (χ2n) is 4.85. The zero-order chi connectivity index (χ0) is 14.0. The Labute approximate surface area is 111 Å². The number of carbonyl (C=O) groups excluding carboxylic acids is 2. The predicted molar refractivity (Wildman–Crippen MR) is 68.7 cm³/mol. The summed E-state index contributed by atoms with van der Waals surface area (Å²) in [6.07, 6.45) is 0.215. The van der Waals surface area contributed by atoms with Crippen molar-refractivity contribution in [3.8, 4) is 0 Å². The predicted octanol–water partition coefficient (Wildman–Crippen LogP) is 1.48. The Balaban J connectivity index is 2.11. The van der Waals surface area contributed by atoms with Crippen LogP contribution in [0.25, 0.3) is 0 Å². The molecule has 1 fully saturated rings. The summed E-state index contributed by atoms with van der Waals surface area (Å²) in [5, 5.41) is 2.63. The van der Waals surface area contributed by atoms with Crippen LogP contribution in [0.5, 0.6) is 0 Å². The van der Waals surface area contributed by atoms with Crippen LogP contribution >= 0.6 is 0 Å². The highest BCUT2D eigenvalue weighted by Gasteiger charge is 2.32. The van der Waals surface area contributed by atoms with Crippen LogP contribution < -0.4 is 5.32 Å². The highest BCUT2D eigenvalue weighted by Crippen LogP contribution is 2.24. The van der Waals surface area contributed by atoms with Gasteiger partial charge in [0.05, 0.1) is 12.0 Å². The molecule has 1 aromatic carbocycles. The summed E-state index contributed by atoms with van der Waals surface area (Å²) < 4.78 is 13.7. The fourth-order valence-corrected chi connectivity index (χ4v) is 2.28. The molecule has 0 bridgehead atoms. The number of halogens is 1. The zero-order valence-electron chi connectivity index (χ0n) is 11.0. The fraction of sp³-hybridized carbons (Fsp3) is 0.429. The van der Waals surface area contributed by atoms with Crippen molar-refractivity contribution < 1.29 is 14.0 Å². The van der Waals surface area contributed by atoms with Gasteiger partial charge in [0.15, 0.2) is 0 Å². The van der Waals surface area contributed by atoms with E-state index in [1.807, 2.05) is 0 Å². The minimum Gasteiger partial charge on any atom is -0.355 e. The molecular weight excluding hydrogens is 247 g/mol. The molecule has 102 valence electrons. The van der Waals surface area contributed by atoms with Crippen LogP contribution in [0.4, 0.5) is 4.39 Å². The van der Waals surface area contributed by atoms with E-state index in [2.05, 4.69) is 5.32 Å². The van der Waals surface area contributed by atoms with Crippen LogP contribution in [0.1, 0.15) is 24.9 Å². The lowest BCUT2D eigenvalue weighted by atomic mass is 10.0. The number of nitrogens with one attached hydrogen (secondary N) is 1. The van der Waals surface area contributed by atoms with Crippen LogP contribution in [-0.2, 0) is 9.59 Å². The summed E-state index contributed by atoms with van der Waals surface area (Å²) in [5.41, 5.74) is 0.482. The Bertz CT molecular complexity index is 504. The van der Waals surface area contributed by atoms with E-state index < -0.39 is 0 Å². The highest BCUT2D eigenvalue weighted by molar-refractivity contribution is 5.89. The lowest BCUT2D eigenvalue weighted by molar-refractivity contribution is -0.136. The molecule has 1 heterocycles. The van der Waals surface area contributed by atoms with E-state index in [1.165, 1.54) is 11.0 Å². The third kappa shape index (κ3) is 2.75. The molecule has 0 radical (unpaired) electrons. The molecule has 2 amide bonds. The lowest BCUT2D eigenvalue weighted by Crippen LogP contribution is -2.36. The van der Waals surface area contributed by atoms with Gasteiger partial charge in [-0.3, -0.25) is 9.59 Å². The standard InChI is InChI=1S/C14H17FN2O2/c1-9(11-5-3-4-6-12(11)15)17(2)14(19)10-7-13(18)16-8-10/h3-6,9-10H,7-8H2,1-2H3,(H,16,18). The second-order valence-corrected chi connectivity index (χ2v) is 4.85. The molecule has 2 atom stereocenters. The van der Waals surface area contributed by atoms with Crippen molar-refractivity contribution in [3.05, 3.63) is 35.6 Å².